The van der Waals surface area contributed by atoms with Crippen LogP contribution in [0.4, 0.5) is 0 Å². The first-order valence-electron chi connectivity index (χ1n) is 9.83. The first kappa shape index (κ1) is 20.4. The number of hydrogen-bond donors (Lipinski definition) is 1. The van der Waals surface area contributed by atoms with Gasteiger partial charge >= 0.3 is 0 Å². The number of hydrogen-bond acceptors (Lipinski definition) is 5. The minimum absolute atomic E-state index is 0.0213. The van der Waals surface area contributed by atoms with Crippen LogP contribution in [0.1, 0.15) is 24.8 Å². The van der Waals surface area contributed by atoms with E-state index in [1.807, 2.05) is 9.80 Å². The third-order valence-corrected chi connectivity index (χ3v) is 6.92. The van der Waals surface area contributed by atoms with Crippen molar-refractivity contribution in [2.75, 3.05) is 19.6 Å². The molecule has 3 aliphatic heterocycles. The number of nitrogens with two attached hydrogens (primary N) is 1. The summed E-state index contributed by atoms with van der Waals surface area (Å²) in [5.41, 5.74) is 6.92. The Balaban J connectivity index is 1.39. The van der Waals surface area contributed by atoms with Gasteiger partial charge < -0.3 is 15.5 Å². The summed E-state index contributed by atoms with van der Waals surface area (Å²) in [6.07, 6.45) is 2.23. The largest absolute Gasteiger partial charge is 0.333 e. The van der Waals surface area contributed by atoms with Gasteiger partial charge in [-0.15, -0.1) is 0 Å². The number of rotatable bonds is 5. The van der Waals surface area contributed by atoms with E-state index in [0.29, 0.717) is 49.1 Å². The van der Waals surface area contributed by atoms with Crippen molar-refractivity contribution in [2.24, 2.45) is 5.73 Å². The number of nitrogens with zero attached hydrogens (tertiary/aromatic N) is 4. The standard InChI is InChI=1S/C20H23Cl2N5O2/c21-15-4-1-5-16(22)14(15)10-27-13-7-18(20(27)29)25(9-13)11-17(24)19(28)26-6-2-3-12(26)8-23/h1,4-5,12-13,17-18H,2-3,6-7,9-11,24H2/t12?,13?,17-,18-/m0/s1. The van der Waals surface area contributed by atoms with Gasteiger partial charge in [0.2, 0.25) is 11.8 Å². The van der Waals surface area contributed by atoms with Crippen molar-refractivity contribution in [1.82, 2.24) is 14.7 Å². The lowest BCUT2D eigenvalue weighted by Crippen LogP contribution is -2.56. The van der Waals surface area contributed by atoms with Crippen LogP contribution < -0.4 is 5.73 Å². The average molecular weight is 436 g/mol. The highest BCUT2D eigenvalue weighted by molar-refractivity contribution is 6.36. The van der Waals surface area contributed by atoms with Crippen LogP contribution in [0.25, 0.3) is 0 Å². The van der Waals surface area contributed by atoms with Crippen LogP contribution in [0.3, 0.4) is 0 Å². The average Bonchev–Trinajstić information content (AvgIpc) is 3.39. The molecular formula is C20H23Cl2N5O2. The second-order valence-electron chi connectivity index (χ2n) is 7.95. The highest BCUT2D eigenvalue weighted by atomic mass is 35.5. The lowest BCUT2D eigenvalue weighted by atomic mass is 10.1. The Morgan fingerprint density at radius 3 is 2.72 bits per heavy atom. The molecule has 2 N–H and O–H groups in total. The van der Waals surface area contributed by atoms with Crippen LogP contribution in [0.2, 0.25) is 10.0 Å². The summed E-state index contributed by atoms with van der Waals surface area (Å²) in [5, 5.41) is 10.3. The molecule has 3 aliphatic rings. The monoisotopic (exact) mass is 435 g/mol. The number of carbonyl (C=O) groups excluding carboxylic acids is 2. The van der Waals surface area contributed by atoms with E-state index in [0.717, 1.165) is 12.0 Å². The number of benzene rings is 1. The van der Waals surface area contributed by atoms with E-state index in [4.69, 9.17) is 28.9 Å². The molecule has 2 amide bonds. The van der Waals surface area contributed by atoms with Gasteiger partial charge in [-0.05, 0) is 31.4 Å². The van der Waals surface area contributed by atoms with Crippen LogP contribution >= 0.6 is 23.2 Å². The van der Waals surface area contributed by atoms with Gasteiger partial charge in [-0.2, -0.15) is 5.26 Å². The van der Waals surface area contributed by atoms with E-state index in [9.17, 15) is 14.9 Å². The Kier molecular flexibility index (Phi) is 5.71. The molecule has 1 aromatic carbocycles. The van der Waals surface area contributed by atoms with Crippen molar-refractivity contribution in [3.63, 3.8) is 0 Å². The van der Waals surface area contributed by atoms with E-state index in [1.54, 1.807) is 23.1 Å². The minimum atomic E-state index is -0.734. The third kappa shape index (κ3) is 3.71. The van der Waals surface area contributed by atoms with Crippen molar-refractivity contribution in [3.05, 3.63) is 33.8 Å². The SMILES string of the molecule is N#CC1CCCN1C(=O)[C@@H](N)CN1CC2C[C@H]1C(=O)N2Cc1c(Cl)cccc1Cl. The molecule has 3 fully saturated rings. The molecule has 0 aromatic heterocycles. The van der Waals surface area contributed by atoms with Gasteiger partial charge in [0, 0.05) is 47.8 Å². The van der Waals surface area contributed by atoms with Crippen LogP contribution in [-0.4, -0.2) is 70.3 Å². The molecule has 0 aliphatic carbocycles. The van der Waals surface area contributed by atoms with E-state index in [2.05, 4.69) is 6.07 Å². The van der Waals surface area contributed by atoms with E-state index in [1.165, 1.54) is 0 Å². The molecule has 2 bridgehead atoms. The second-order valence-corrected chi connectivity index (χ2v) is 8.77. The quantitative estimate of drug-likeness (QED) is 0.757. The summed E-state index contributed by atoms with van der Waals surface area (Å²) < 4.78 is 0. The van der Waals surface area contributed by atoms with Crippen molar-refractivity contribution in [3.8, 4) is 6.07 Å². The van der Waals surface area contributed by atoms with Crippen LogP contribution in [0.15, 0.2) is 18.2 Å². The zero-order chi connectivity index (χ0) is 20.7. The maximum atomic E-state index is 12.9. The maximum Gasteiger partial charge on any atom is 0.241 e. The van der Waals surface area contributed by atoms with Crippen molar-refractivity contribution in [1.29, 1.82) is 5.26 Å². The first-order valence-corrected chi connectivity index (χ1v) is 10.6. The van der Waals surface area contributed by atoms with Crippen LogP contribution in [0, 0.1) is 11.3 Å². The molecule has 9 heteroatoms. The molecule has 0 saturated carbocycles. The van der Waals surface area contributed by atoms with E-state index in [-0.39, 0.29) is 29.9 Å². The summed E-state index contributed by atoms with van der Waals surface area (Å²) in [5.74, 6) is -0.183. The minimum Gasteiger partial charge on any atom is -0.333 e. The lowest BCUT2D eigenvalue weighted by molar-refractivity contribution is -0.139. The Bertz CT molecular complexity index is 853. The molecule has 4 rings (SSSR count). The summed E-state index contributed by atoms with van der Waals surface area (Å²) >= 11 is 12.5. The second kappa shape index (κ2) is 8.11. The summed E-state index contributed by atoms with van der Waals surface area (Å²) in [6, 6.07) is 6.15. The van der Waals surface area contributed by atoms with Gasteiger partial charge in [-0.1, -0.05) is 29.3 Å². The highest BCUT2D eigenvalue weighted by Crippen LogP contribution is 2.35. The van der Waals surface area contributed by atoms with E-state index < -0.39 is 6.04 Å². The molecule has 0 radical (unpaired) electrons. The first-order chi connectivity index (χ1) is 13.9. The van der Waals surface area contributed by atoms with Gasteiger partial charge in [-0.3, -0.25) is 14.5 Å². The van der Waals surface area contributed by atoms with Crippen molar-refractivity contribution < 1.29 is 9.59 Å². The zero-order valence-electron chi connectivity index (χ0n) is 15.9. The zero-order valence-corrected chi connectivity index (χ0v) is 17.4. The number of amides is 2. The maximum absolute atomic E-state index is 12.9. The molecule has 29 heavy (non-hydrogen) atoms. The normalized spacial score (nSPS) is 27.5. The molecule has 0 spiro atoms. The molecule has 1 aromatic rings. The molecule has 4 atom stereocenters. The van der Waals surface area contributed by atoms with Gasteiger partial charge in [0.1, 0.15) is 6.04 Å². The fourth-order valence-electron chi connectivity index (χ4n) is 4.70. The topological polar surface area (TPSA) is 93.7 Å². The number of halogens is 2. The number of fused-ring (bicyclic) bond motifs is 2. The molecule has 3 heterocycles. The predicted octanol–water partition coefficient (Wildman–Crippen LogP) is 1.62. The molecular weight excluding hydrogens is 413 g/mol. The fraction of sp³-hybridized carbons (Fsp3) is 0.550. The summed E-state index contributed by atoms with van der Waals surface area (Å²) in [6.45, 7) is 1.94. The van der Waals surface area contributed by atoms with E-state index >= 15 is 0 Å². The number of carbonyl (C=O) groups is 2. The lowest BCUT2D eigenvalue weighted by Gasteiger charge is -2.35. The Hall–Kier alpha value is -1.85. The van der Waals surface area contributed by atoms with Crippen LogP contribution in [-0.2, 0) is 16.1 Å². The molecule has 3 saturated heterocycles. The third-order valence-electron chi connectivity index (χ3n) is 6.21. The summed E-state index contributed by atoms with van der Waals surface area (Å²) in [7, 11) is 0. The Morgan fingerprint density at radius 2 is 2.07 bits per heavy atom. The molecule has 7 nitrogen and oxygen atoms in total. The Morgan fingerprint density at radius 1 is 1.34 bits per heavy atom. The highest BCUT2D eigenvalue weighted by Gasteiger charge is 2.50. The summed E-state index contributed by atoms with van der Waals surface area (Å²) in [4.78, 5) is 31.0. The molecule has 154 valence electrons. The van der Waals surface area contributed by atoms with Gasteiger partial charge in [-0.25, -0.2) is 0 Å². The Labute approximate surface area is 179 Å². The fourth-order valence-corrected chi connectivity index (χ4v) is 5.22. The van der Waals surface area contributed by atoms with Gasteiger partial charge in [0.25, 0.3) is 0 Å². The van der Waals surface area contributed by atoms with Gasteiger partial charge in [0.05, 0.1) is 18.2 Å². The predicted molar refractivity (Wildman–Crippen MR) is 109 cm³/mol. The number of nitriles is 1. The van der Waals surface area contributed by atoms with Crippen molar-refractivity contribution >= 4 is 35.0 Å². The number of piperazine rings is 1. The molecule has 2 unspecified atom stereocenters. The number of likely N-dealkylation sites (tertiary alicyclic amines) is 3. The smallest absolute Gasteiger partial charge is 0.241 e. The van der Waals surface area contributed by atoms with Gasteiger partial charge in [0.15, 0.2) is 0 Å². The van der Waals surface area contributed by atoms with Crippen molar-refractivity contribution in [2.45, 2.75) is 50.0 Å². The van der Waals surface area contributed by atoms with Crippen LogP contribution in [0.5, 0.6) is 0 Å².